The van der Waals surface area contributed by atoms with Crippen LogP contribution in [0, 0.1) is 60.0 Å². The predicted octanol–water partition coefficient (Wildman–Crippen LogP) is 4.23. The Morgan fingerprint density at radius 3 is 2.37 bits per heavy atom. The van der Waals surface area contributed by atoms with Crippen LogP contribution >= 0.6 is 0 Å². The van der Waals surface area contributed by atoms with Gasteiger partial charge in [-0.25, -0.2) is 6.29 Å². The zero-order valence-electron chi connectivity index (χ0n) is 22.2. The van der Waals surface area contributed by atoms with Gasteiger partial charge in [-0.1, -0.05) is 24.2 Å². The summed E-state index contributed by atoms with van der Waals surface area (Å²) in [6.07, 6.45) is 7.25. The normalized spacial score (nSPS) is 18.2. The van der Waals surface area contributed by atoms with Crippen LogP contribution in [0.4, 0.5) is 0 Å². The van der Waals surface area contributed by atoms with Gasteiger partial charge in [0.1, 0.15) is 5.75 Å². The third-order valence-corrected chi connectivity index (χ3v) is 6.93. The molecule has 205 valence electrons. The zero-order valence-corrected chi connectivity index (χ0v) is 25.9. The third kappa shape index (κ3) is 10.5. The maximum absolute atomic E-state index is 13.2. The van der Waals surface area contributed by atoms with Crippen molar-refractivity contribution < 1.29 is 53.8 Å². The van der Waals surface area contributed by atoms with Gasteiger partial charge >= 0.3 is 0 Å². The van der Waals surface area contributed by atoms with Crippen LogP contribution < -0.4 is 4.74 Å². The minimum absolute atomic E-state index is 0. The third-order valence-electron chi connectivity index (χ3n) is 6.93. The number of rotatable bonds is 9. The Kier molecular flexibility index (Phi) is 14.7. The number of benzene rings is 2. The van der Waals surface area contributed by atoms with Gasteiger partial charge in [0.15, 0.2) is 6.54 Å². The van der Waals surface area contributed by atoms with E-state index < -0.39 is 6.04 Å². The number of hydrogen-bond acceptors (Lipinski definition) is 5. The monoisotopic (exact) mass is 742 g/mol. The van der Waals surface area contributed by atoms with Crippen LogP contribution in [0.3, 0.4) is 0 Å². The maximum Gasteiger partial charge on any atom is 0.220 e. The summed E-state index contributed by atoms with van der Waals surface area (Å²) in [6, 6.07) is 16.9. The summed E-state index contributed by atoms with van der Waals surface area (Å²) in [7, 11) is 1.62. The molecule has 2 aliphatic heterocycles. The molecule has 0 spiro atoms. The molecule has 2 fully saturated rings. The molecule has 1 amide bonds. The fraction of sp³-hybridized carbons (Fsp3) is 0.467. The van der Waals surface area contributed by atoms with Gasteiger partial charge in [-0.2, -0.15) is 30.5 Å². The van der Waals surface area contributed by atoms with Crippen molar-refractivity contribution in [2.45, 2.75) is 38.1 Å². The number of nitrogens with zero attached hydrogens (tertiary/aromatic N) is 2. The molecule has 7 nitrogen and oxygen atoms in total. The average molecular weight is 744 g/mol. The second-order valence-electron chi connectivity index (χ2n) is 9.57. The second-order valence-corrected chi connectivity index (χ2v) is 9.57. The van der Waals surface area contributed by atoms with E-state index in [1.54, 1.807) is 12.0 Å². The van der Waals surface area contributed by atoms with Gasteiger partial charge in [0.25, 0.3) is 0 Å². The molecule has 8 heteroatoms. The fourth-order valence-corrected chi connectivity index (χ4v) is 4.67. The van der Waals surface area contributed by atoms with Gasteiger partial charge in [-0.15, -0.1) is 12.1 Å². The van der Waals surface area contributed by atoms with Crippen LogP contribution in [-0.2, 0) is 20.7 Å². The number of carbonyl (C=O) groups is 1. The number of carbonyl (C=O) groups excluding carboxylic acids is 2. The molecule has 0 bridgehead atoms. The van der Waals surface area contributed by atoms with E-state index in [2.05, 4.69) is 13.2 Å². The van der Waals surface area contributed by atoms with Crippen LogP contribution in [0.2, 0.25) is 0 Å². The van der Waals surface area contributed by atoms with E-state index in [4.69, 9.17) is 9.47 Å². The van der Waals surface area contributed by atoms with Crippen LogP contribution in [0.15, 0.2) is 54.6 Å². The van der Waals surface area contributed by atoms with Crippen LogP contribution in [-0.4, -0.2) is 67.9 Å². The molecule has 0 N–H and O–H groups in total. The van der Waals surface area contributed by atoms with E-state index >= 15 is 0 Å². The number of aryl methyl sites for hydroxylation is 1. The summed E-state index contributed by atoms with van der Waals surface area (Å²) < 4.78 is 11.6. The molecule has 2 atom stereocenters. The molecular formula is C30H38N2NpO5-2. The van der Waals surface area contributed by atoms with E-state index in [-0.39, 0.29) is 48.3 Å². The quantitative estimate of drug-likeness (QED) is 0.284. The van der Waals surface area contributed by atoms with Crippen molar-refractivity contribution in [1.29, 1.82) is 0 Å². The van der Waals surface area contributed by atoms with E-state index in [0.29, 0.717) is 51.5 Å². The summed E-state index contributed by atoms with van der Waals surface area (Å²) in [5.74, 6) is 0.933. The number of methoxy groups -OCH3 is 1. The topological polar surface area (TPSA) is 75.9 Å². The fourth-order valence-electron chi connectivity index (χ4n) is 4.67. The van der Waals surface area contributed by atoms with E-state index in [0.717, 1.165) is 34.5 Å². The molecule has 2 saturated heterocycles. The standard InChI is InChI=1S/C23H31N2O5.C7H7.Np/c1-29-21-5-2-18(3-6-21)4-7-23(27)25(16-19-10-14-30-15-11-19)22(17-26)20-8-12-24(28)13-9-20;1-7-5-3-2-4-6-7;/h2-3,5-6,8,19-20,22H,4,7,9-16H2,1H3;2-6H,1H2;/q2*-1;. The molecule has 2 aromatic rings. The first-order valence-corrected chi connectivity index (χ1v) is 13.0. The van der Waals surface area contributed by atoms with E-state index in [1.807, 2.05) is 61.0 Å². The first kappa shape index (κ1) is 32.0. The summed E-state index contributed by atoms with van der Waals surface area (Å²) in [4.78, 5) is 38.4. The molecule has 2 aromatic carbocycles. The Balaban J connectivity index is 0.000000549. The van der Waals surface area contributed by atoms with Crippen molar-refractivity contribution in [2.24, 2.45) is 11.8 Å². The van der Waals surface area contributed by atoms with Crippen molar-refractivity contribution in [3.8, 4) is 5.75 Å². The Bertz CT molecular complexity index is 970. The molecule has 0 saturated carbocycles. The molecule has 0 aliphatic carbocycles. The Morgan fingerprint density at radius 1 is 1.16 bits per heavy atom. The molecule has 38 heavy (non-hydrogen) atoms. The van der Waals surface area contributed by atoms with Crippen molar-refractivity contribution in [3.63, 3.8) is 0 Å². The minimum atomic E-state index is -0.634. The number of hydrogen-bond donors (Lipinski definition) is 0. The van der Waals surface area contributed by atoms with Crippen molar-refractivity contribution in [2.75, 3.05) is 40.0 Å². The molecule has 2 aliphatic rings. The Labute approximate surface area is 249 Å². The minimum Gasteiger partial charge on any atom is -0.540 e. The number of amides is 1. The summed E-state index contributed by atoms with van der Waals surface area (Å²) in [5.41, 5.74) is 2.12. The van der Waals surface area contributed by atoms with E-state index in [9.17, 15) is 14.5 Å². The first-order chi connectivity index (χ1) is 18.0. The average Bonchev–Trinajstić information content (AvgIpc) is 2.94. The van der Waals surface area contributed by atoms with Crippen LogP contribution in [0.25, 0.3) is 0 Å². The van der Waals surface area contributed by atoms with Crippen molar-refractivity contribution in [1.82, 2.24) is 4.90 Å². The summed E-state index contributed by atoms with van der Waals surface area (Å²) in [5, 5.41) is 0. The van der Waals surface area contributed by atoms with Crippen LogP contribution in [0.1, 0.15) is 36.8 Å². The molecule has 2 heterocycles. The number of nitroso groups, excluding NO2 is 1. The van der Waals surface area contributed by atoms with Gasteiger partial charge in [-0.05, 0) is 54.1 Å². The first-order valence-electron chi connectivity index (χ1n) is 13.0. The van der Waals surface area contributed by atoms with Crippen molar-refractivity contribution >= 4 is 12.2 Å². The van der Waals surface area contributed by atoms with Gasteiger partial charge in [0.05, 0.1) is 13.7 Å². The van der Waals surface area contributed by atoms with E-state index in [1.165, 1.54) is 0 Å². The molecule has 1 radical (unpaired) electrons. The molecule has 4 rings (SSSR count). The van der Waals surface area contributed by atoms with Crippen molar-refractivity contribution in [3.05, 3.63) is 84.0 Å². The Hall–Kier alpha value is -2.18. The molecular weight excluding hydrogens is 705 g/mol. The van der Waals surface area contributed by atoms with Gasteiger partial charge < -0.3 is 19.2 Å². The predicted molar refractivity (Wildman–Crippen MR) is 143 cm³/mol. The largest absolute Gasteiger partial charge is 0.540 e. The zero-order chi connectivity index (χ0) is 26.5. The van der Waals surface area contributed by atoms with Gasteiger partial charge in [0.2, 0.25) is 5.91 Å². The van der Waals surface area contributed by atoms with Gasteiger partial charge in [-0.3, -0.25) is 11.2 Å². The van der Waals surface area contributed by atoms with Gasteiger partial charge in [0, 0.05) is 61.0 Å². The second kappa shape index (κ2) is 17.4. The Morgan fingerprint density at radius 2 is 1.84 bits per heavy atom. The number of piperidine rings is 1. The molecule has 2 unspecified atom stereocenters. The summed E-state index contributed by atoms with van der Waals surface area (Å²) >= 11 is 0. The maximum atomic E-state index is 13.2. The summed E-state index contributed by atoms with van der Waals surface area (Å²) in [6.45, 7) is 6.30. The molecule has 0 aromatic heterocycles. The smallest absolute Gasteiger partial charge is 0.220 e. The SMILES string of the molecule is COc1ccc(CCC(=O)N(CC2CCOCC2)C([C-]=O)C2[CH-]C[N+](=O)CC2)cc1.[CH2-]c1ccccc1.[Np]. The van der Waals surface area contributed by atoms with Crippen LogP contribution in [0.5, 0.6) is 5.75 Å². The number of ether oxygens (including phenoxy) is 2.